The third kappa shape index (κ3) is 4.78. The van der Waals surface area contributed by atoms with E-state index in [1.807, 2.05) is 25.7 Å². The fraction of sp³-hybridized carbons (Fsp3) is 0.786. The maximum Gasteiger partial charge on any atom is 0.317 e. The quantitative estimate of drug-likeness (QED) is 0.886. The first-order chi connectivity index (χ1) is 9.84. The van der Waals surface area contributed by atoms with E-state index in [2.05, 4.69) is 15.0 Å². The van der Waals surface area contributed by atoms with Gasteiger partial charge in [-0.3, -0.25) is 14.6 Å². The molecular formula is C14H24N4O3. The van der Waals surface area contributed by atoms with Crippen molar-refractivity contribution in [3.63, 3.8) is 0 Å². The van der Waals surface area contributed by atoms with E-state index in [-0.39, 0.29) is 12.0 Å². The highest BCUT2D eigenvalue weighted by atomic mass is 16.5. The zero-order valence-electron chi connectivity index (χ0n) is 13.0. The van der Waals surface area contributed by atoms with Gasteiger partial charge in [0.05, 0.1) is 13.1 Å². The second-order valence-corrected chi connectivity index (χ2v) is 6.57. The minimum absolute atomic E-state index is 0.115. The Kier molecular flexibility index (Phi) is 4.95. The van der Waals surface area contributed by atoms with Gasteiger partial charge in [0, 0.05) is 25.0 Å². The van der Waals surface area contributed by atoms with E-state index in [9.17, 15) is 4.79 Å². The molecule has 0 spiro atoms. The van der Waals surface area contributed by atoms with Crippen LogP contribution in [-0.2, 0) is 16.8 Å². The summed E-state index contributed by atoms with van der Waals surface area (Å²) in [6.07, 6.45) is 0.956. The summed E-state index contributed by atoms with van der Waals surface area (Å²) in [5.74, 6) is 0.586. The maximum absolute atomic E-state index is 10.8. The summed E-state index contributed by atoms with van der Waals surface area (Å²) in [4.78, 5) is 19.4. The van der Waals surface area contributed by atoms with Gasteiger partial charge in [-0.15, -0.1) is 0 Å². The monoisotopic (exact) mass is 296 g/mol. The number of hydrogen-bond acceptors (Lipinski definition) is 6. The Labute approximate surface area is 124 Å². The van der Waals surface area contributed by atoms with Crippen molar-refractivity contribution in [2.75, 3.05) is 32.7 Å². The molecule has 2 heterocycles. The molecule has 1 fully saturated rings. The first kappa shape index (κ1) is 15.9. The van der Waals surface area contributed by atoms with Crippen LogP contribution in [0, 0.1) is 0 Å². The molecule has 1 aliphatic heterocycles. The lowest BCUT2D eigenvalue weighted by molar-refractivity contribution is -0.138. The van der Waals surface area contributed by atoms with Gasteiger partial charge in [-0.05, 0) is 13.0 Å². The van der Waals surface area contributed by atoms with Crippen molar-refractivity contribution in [1.29, 1.82) is 0 Å². The van der Waals surface area contributed by atoms with Gasteiger partial charge in [-0.1, -0.05) is 25.9 Å². The number of rotatable bonds is 4. The highest BCUT2D eigenvalue weighted by molar-refractivity contribution is 5.69. The standard InChI is InChI=1S/C14H24N4O3/c1-14(2,3)13-15-11(16-21-13)9-17-5-4-6-18(8-7-17)10-12(19)20/h4-10H2,1-3H3,(H,19,20). The van der Waals surface area contributed by atoms with Crippen LogP contribution in [-0.4, -0.2) is 63.7 Å². The van der Waals surface area contributed by atoms with Crippen LogP contribution in [0.15, 0.2) is 4.52 Å². The molecule has 1 N–H and O–H groups in total. The summed E-state index contributed by atoms with van der Waals surface area (Å²) in [5.41, 5.74) is -0.137. The Morgan fingerprint density at radius 2 is 1.90 bits per heavy atom. The van der Waals surface area contributed by atoms with Crippen LogP contribution in [0.2, 0.25) is 0 Å². The predicted octanol–water partition coefficient (Wildman–Crippen LogP) is 0.959. The van der Waals surface area contributed by atoms with Crippen molar-refractivity contribution >= 4 is 5.97 Å². The van der Waals surface area contributed by atoms with E-state index in [4.69, 9.17) is 9.63 Å². The SMILES string of the molecule is CC(C)(C)c1nc(CN2CCCN(CC(=O)O)CC2)no1. The lowest BCUT2D eigenvalue weighted by Gasteiger charge is -2.19. The highest BCUT2D eigenvalue weighted by Gasteiger charge is 2.23. The minimum Gasteiger partial charge on any atom is -0.480 e. The molecule has 0 radical (unpaired) electrons. The third-order valence-electron chi connectivity index (χ3n) is 3.51. The van der Waals surface area contributed by atoms with Gasteiger partial charge >= 0.3 is 5.97 Å². The number of aliphatic carboxylic acids is 1. The van der Waals surface area contributed by atoms with Crippen LogP contribution in [0.3, 0.4) is 0 Å². The molecule has 7 nitrogen and oxygen atoms in total. The molecule has 0 amide bonds. The first-order valence-corrected chi connectivity index (χ1v) is 7.34. The largest absolute Gasteiger partial charge is 0.480 e. The Morgan fingerprint density at radius 3 is 2.52 bits per heavy atom. The normalized spacial score (nSPS) is 18.6. The first-order valence-electron chi connectivity index (χ1n) is 7.34. The molecule has 0 saturated carbocycles. The van der Waals surface area contributed by atoms with Crippen molar-refractivity contribution in [1.82, 2.24) is 19.9 Å². The number of carboxylic acid groups (broad SMARTS) is 1. The Morgan fingerprint density at radius 1 is 1.24 bits per heavy atom. The molecule has 0 bridgehead atoms. The summed E-state index contributed by atoms with van der Waals surface area (Å²) in [5, 5.41) is 12.9. The lowest BCUT2D eigenvalue weighted by atomic mass is 9.97. The number of aromatic nitrogens is 2. The third-order valence-corrected chi connectivity index (χ3v) is 3.51. The Balaban J connectivity index is 1.89. The molecule has 1 aromatic rings. The van der Waals surface area contributed by atoms with E-state index in [1.165, 1.54) is 0 Å². The molecule has 7 heteroatoms. The van der Waals surface area contributed by atoms with Crippen LogP contribution >= 0.6 is 0 Å². The van der Waals surface area contributed by atoms with Crippen molar-refractivity contribution < 1.29 is 14.4 Å². The van der Waals surface area contributed by atoms with Gasteiger partial charge in [0.1, 0.15) is 0 Å². The average molecular weight is 296 g/mol. The number of nitrogens with zero attached hydrogens (tertiary/aromatic N) is 4. The molecule has 0 atom stereocenters. The van der Waals surface area contributed by atoms with Gasteiger partial charge in [-0.2, -0.15) is 4.98 Å². The van der Waals surface area contributed by atoms with E-state index in [0.717, 1.165) is 32.6 Å². The van der Waals surface area contributed by atoms with E-state index >= 15 is 0 Å². The van der Waals surface area contributed by atoms with Crippen LogP contribution < -0.4 is 0 Å². The summed E-state index contributed by atoms with van der Waals surface area (Å²) < 4.78 is 5.30. The van der Waals surface area contributed by atoms with Crippen molar-refractivity contribution in [2.24, 2.45) is 0 Å². The second kappa shape index (κ2) is 6.53. The number of carbonyl (C=O) groups is 1. The van der Waals surface area contributed by atoms with Gasteiger partial charge in [0.15, 0.2) is 5.82 Å². The summed E-state index contributed by atoms with van der Waals surface area (Å²) >= 11 is 0. The molecule has 1 aliphatic rings. The molecule has 0 unspecified atom stereocenters. The molecule has 0 aromatic carbocycles. The van der Waals surface area contributed by atoms with Crippen molar-refractivity contribution in [3.05, 3.63) is 11.7 Å². The summed E-state index contributed by atoms with van der Waals surface area (Å²) in [6.45, 7) is 10.2. The van der Waals surface area contributed by atoms with Crippen molar-refractivity contribution in [2.45, 2.75) is 39.2 Å². The van der Waals surface area contributed by atoms with E-state index in [0.29, 0.717) is 18.3 Å². The predicted molar refractivity (Wildman–Crippen MR) is 77.0 cm³/mol. The molecule has 1 aromatic heterocycles. The highest BCUT2D eigenvalue weighted by Crippen LogP contribution is 2.20. The minimum atomic E-state index is -0.767. The lowest BCUT2D eigenvalue weighted by Crippen LogP contribution is -2.34. The smallest absolute Gasteiger partial charge is 0.317 e. The average Bonchev–Trinajstić information content (AvgIpc) is 2.73. The molecule has 2 rings (SSSR count). The van der Waals surface area contributed by atoms with Crippen LogP contribution in [0.5, 0.6) is 0 Å². The molecule has 21 heavy (non-hydrogen) atoms. The van der Waals surface area contributed by atoms with Crippen LogP contribution in [0.1, 0.15) is 38.9 Å². The molecule has 118 valence electrons. The zero-order chi connectivity index (χ0) is 15.5. The molecular weight excluding hydrogens is 272 g/mol. The van der Waals surface area contributed by atoms with Gasteiger partial charge in [0.25, 0.3) is 0 Å². The molecule has 1 saturated heterocycles. The molecule has 0 aliphatic carbocycles. The zero-order valence-corrected chi connectivity index (χ0v) is 13.0. The topological polar surface area (TPSA) is 82.7 Å². The fourth-order valence-corrected chi connectivity index (χ4v) is 2.35. The Hall–Kier alpha value is -1.47. The Bertz CT molecular complexity index is 481. The second-order valence-electron chi connectivity index (χ2n) is 6.57. The van der Waals surface area contributed by atoms with Gasteiger partial charge in [0.2, 0.25) is 5.89 Å². The van der Waals surface area contributed by atoms with E-state index < -0.39 is 5.97 Å². The number of hydrogen-bond donors (Lipinski definition) is 1. The van der Waals surface area contributed by atoms with Crippen molar-refractivity contribution in [3.8, 4) is 0 Å². The fourth-order valence-electron chi connectivity index (χ4n) is 2.35. The number of carboxylic acids is 1. The van der Waals surface area contributed by atoms with Gasteiger partial charge in [-0.25, -0.2) is 0 Å². The van der Waals surface area contributed by atoms with E-state index in [1.54, 1.807) is 0 Å². The summed E-state index contributed by atoms with van der Waals surface area (Å²) in [6, 6.07) is 0. The summed E-state index contributed by atoms with van der Waals surface area (Å²) in [7, 11) is 0. The maximum atomic E-state index is 10.8. The van der Waals surface area contributed by atoms with Gasteiger partial charge < -0.3 is 9.63 Å². The van der Waals surface area contributed by atoms with Crippen LogP contribution in [0.25, 0.3) is 0 Å². The van der Waals surface area contributed by atoms with Crippen LogP contribution in [0.4, 0.5) is 0 Å².